The van der Waals surface area contributed by atoms with E-state index in [2.05, 4.69) is 21.6 Å². The second-order valence-corrected chi connectivity index (χ2v) is 11.6. The maximum Gasteiger partial charge on any atom is 0.244 e. The van der Waals surface area contributed by atoms with Crippen LogP contribution in [0.5, 0.6) is 0 Å². The molecule has 0 radical (unpaired) electrons. The zero-order chi connectivity index (χ0) is 27.5. The van der Waals surface area contributed by atoms with Crippen molar-refractivity contribution in [2.75, 3.05) is 64.3 Å². The van der Waals surface area contributed by atoms with Gasteiger partial charge in [0, 0.05) is 72.3 Å². The Morgan fingerprint density at radius 1 is 1.00 bits per heavy atom. The number of hydrogen-bond donors (Lipinski definition) is 2. The fourth-order valence-corrected chi connectivity index (χ4v) is 5.99. The number of morpholine rings is 1. The summed E-state index contributed by atoms with van der Waals surface area (Å²) in [6, 6.07) is 11.6. The molecule has 2 saturated heterocycles. The molecule has 0 aromatic heterocycles. The molecule has 2 aromatic rings. The molecule has 4 rings (SSSR count). The SMILES string of the molecule is O=C(/C=C/c1ccc(Sc2ccc(Cl)cc2Cl)c(NCCCN2CCOCC2)c1)NCCCN1CCCC1=O. The van der Waals surface area contributed by atoms with Crippen molar-refractivity contribution in [3.05, 3.63) is 58.1 Å². The molecule has 210 valence electrons. The lowest BCUT2D eigenvalue weighted by Crippen LogP contribution is -2.37. The van der Waals surface area contributed by atoms with E-state index in [1.165, 1.54) is 0 Å². The lowest BCUT2D eigenvalue weighted by molar-refractivity contribution is -0.127. The van der Waals surface area contributed by atoms with Crippen molar-refractivity contribution in [2.24, 2.45) is 0 Å². The van der Waals surface area contributed by atoms with Gasteiger partial charge in [0.2, 0.25) is 11.8 Å². The third-order valence-electron chi connectivity index (χ3n) is 6.69. The molecular weight excluding hydrogens is 555 g/mol. The number of amides is 2. The van der Waals surface area contributed by atoms with Gasteiger partial charge < -0.3 is 20.3 Å². The Hall–Kier alpha value is -2.23. The third-order valence-corrected chi connectivity index (χ3v) is 8.50. The minimum atomic E-state index is -0.144. The van der Waals surface area contributed by atoms with E-state index in [1.54, 1.807) is 23.9 Å². The van der Waals surface area contributed by atoms with Gasteiger partial charge in [0.1, 0.15) is 0 Å². The molecule has 0 bridgehead atoms. The van der Waals surface area contributed by atoms with Gasteiger partial charge in [0.05, 0.1) is 18.2 Å². The largest absolute Gasteiger partial charge is 0.384 e. The van der Waals surface area contributed by atoms with Gasteiger partial charge in [-0.15, -0.1) is 0 Å². The second kappa shape index (κ2) is 15.5. The van der Waals surface area contributed by atoms with Gasteiger partial charge in [-0.3, -0.25) is 14.5 Å². The number of likely N-dealkylation sites (tertiary alicyclic amines) is 1. The molecule has 2 fully saturated rings. The average Bonchev–Trinajstić information content (AvgIpc) is 3.35. The highest BCUT2D eigenvalue weighted by Gasteiger charge is 2.19. The first-order valence-corrected chi connectivity index (χ1v) is 15.1. The van der Waals surface area contributed by atoms with E-state index in [0.717, 1.165) is 86.2 Å². The van der Waals surface area contributed by atoms with Crippen LogP contribution in [0.15, 0.2) is 52.3 Å². The molecule has 2 amide bonds. The van der Waals surface area contributed by atoms with E-state index in [0.29, 0.717) is 29.6 Å². The maximum atomic E-state index is 12.4. The lowest BCUT2D eigenvalue weighted by Gasteiger charge is -2.26. The van der Waals surface area contributed by atoms with E-state index < -0.39 is 0 Å². The molecule has 2 heterocycles. The van der Waals surface area contributed by atoms with Crippen molar-refractivity contribution >= 4 is 58.5 Å². The predicted molar refractivity (Wildman–Crippen MR) is 160 cm³/mol. The fraction of sp³-hybridized carbons (Fsp3) is 0.448. The third kappa shape index (κ3) is 9.72. The molecule has 10 heteroatoms. The predicted octanol–water partition coefficient (Wildman–Crippen LogP) is 5.42. The first-order chi connectivity index (χ1) is 19.0. The standard InChI is InChI=1S/C29H36Cl2N4O3S/c30-23-7-9-26(24(31)21-23)39-27-8-5-22(20-25(27)32-11-2-13-34-16-18-38-19-17-34)6-10-28(36)33-12-3-15-35-14-1-4-29(35)37/h5-10,20-21,32H,1-4,11-19H2,(H,33,36)/b10-6+. The molecule has 0 atom stereocenters. The van der Waals surface area contributed by atoms with E-state index in [-0.39, 0.29) is 11.8 Å². The number of benzene rings is 2. The van der Waals surface area contributed by atoms with Crippen LogP contribution in [-0.2, 0) is 14.3 Å². The number of rotatable bonds is 13. The summed E-state index contributed by atoms with van der Waals surface area (Å²) in [5.74, 6) is 0.0702. The molecule has 2 N–H and O–H groups in total. The molecule has 2 aliphatic heterocycles. The van der Waals surface area contributed by atoms with Crippen molar-refractivity contribution < 1.29 is 14.3 Å². The molecule has 0 aliphatic carbocycles. The van der Waals surface area contributed by atoms with Gasteiger partial charge in [-0.05, 0) is 67.8 Å². The molecule has 2 aromatic carbocycles. The number of ether oxygens (including phenoxy) is 1. The van der Waals surface area contributed by atoms with Crippen LogP contribution in [0.1, 0.15) is 31.2 Å². The fourth-order valence-electron chi connectivity index (χ4n) is 4.56. The molecule has 0 unspecified atom stereocenters. The minimum Gasteiger partial charge on any atom is -0.384 e. The van der Waals surface area contributed by atoms with Crippen molar-refractivity contribution in [3.8, 4) is 0 Å². The number of nitrogens with one attached hydrogen (secondary N) is 2. The number of halogens is 2. The first kappa shape index (κ1) is 29.7. The maximum absolute atomic E-state index is 12.4. The van der Waals surface area contributed by atoms with Crippen molar-refractivity contribution in [1.29, 1.82) is 0 Å². The molecule has 0 saturated carbocycles. The van der Waals surface area contributed by atoms with Crippen LogP contribution in [-0.4, -0.2) is 80.6 Å². The molecule has 7 nitrogen and oxygen atoms in total. The Bertz CT molecular complexity index is 1160. The van der Waals surface area contributed by atoms with Crippen LogP contribution in [0.3, 0.4) is 0 Å². The van der Waals surface area contributed by atoms with Gasteiger partial charge in [-0.2, -0.15) is 0 Å². The highest BCUT2D eigenvalue weighted by molar-refractivity contribution is 7.99. The van der Waals surface area contributed by atoms with E-state index in [9.17, 15) is 9.59 Å². The van der Waals surface area contributed by atoms with E-state index in [1.807, 2.05) is 35.2 Å². The number of carbonyl (C=O) groups is 2. The quantitative estimate of drug-likeness (QED) is 0.240. The zero-order valence-corrected chi connectivity index (χ0v) is 24.4. The summed E-state index contributed by atoms with van der Waals surface area (Å²) < 4.78 is 5.44. The monoisotopic (exact) mass is 590 g/mol. The summed E-state index contributed by atoms with van der Waals surface area (Å²) in [6.07, 6.45) is 6.72. The average molecular weight is 592 g/mol. The Balaban J connectivity index is 1.34. The molecule has 2 aliphatic rings. The summed E-state index contributed by atoms with van der Waals surface area (Å²) in [5, 5.41) is 7.72. The molecule has 0 spiro atoms. The van der Waals surface area contributed by atoms with Crippen molar-refractivity contribution in [2.45, 2.75) is 35.5 Å². The Labute approximate surface area is 245 Å². The van der Waals surface area contributed by atoms with Crippen LogP contribution >= 0.6 is 35.0 Å². The summed E-state index contributed by atoms with van der Waals surface area (Å²) in [6.45, 7) is 7.48. The van der Waals surface area contributed by atoms with E-state index in [4.69, 9.17) is 27.9 Å². The summed E-state index contributed by atoms with van der Waals surface area (Å²) in [7, 11) is 0. The number of carbonyl (C=O) groups excluding carboxylic acids is 2. The van der Waals surface area contributed by atoms with Gasteiger partial charge in [0.15, 0.2) is 0 Å². The summed E-state index contributed by atoms with van der Waals surface area (Å²) in [4.78, 5) is 30.3. The first-order valence-electron chi connectivity index (χ1n) is 13.5. The number of nitrogens with zero attached hydrogens (tertiary/aromatic N) is 2. The number of anilines is 1. The lowest BCUT2D eigenvalue weighted by atomic mass is 10.1. The second-order valence-electron chi connectivity index (χ2n) is 9.63. The highest BCUT2D eigenvalue weighted by Crippen LogP contribution is 2.38. The Kier molecular flexibility index (Phi) is 11.8. The summed E-state index contributed by atoms with van der Waals surface area (Å²) >= 11 is 14.1. The van der Waals surface area contributed by atoms with Crippen LogP contribution in [0.2, 0.25) is 10.0 Å². The van der Waals surface area contributed by atoms with Gasteiger partial charge in [0.25, 0.3) is 0 Å². The Morgan fingerprint density at radius 3 is 2.56 bits per heavy atom. The summed E-state index contributed by atoms with van der Waals surface area (Å²) in [5.41, 5.74) is 1.92. The van der Waals surface area contributed by atoms with Crippen LogP contribution in [0.4, 0.5) is 5.69 Å². The minimum absolute atomic E-state index is 0.144. The normalized spacial score (nSPS) is 16.3. The van der Waals surface area contributed by atoms with Crippen molar-refractivity contribution in [1.82, 2.24) is 15.1 Å². The van der Waals surface area contributed by atoms with Gasteiger partial charge in [-0.25, -0.2) is 0 Å². The topological polar surface area (TPSA) is 73.9 Å². The molecular formula is C29H36Cl2N4O3S. The number of hydrogen-bond acceptors (Lipinski definition) is 6. The van der Waals surface area contributed by atoms with Crippen LogP contribution < -0.4 is 10.6 Å². The molecule has 39 heavy (non-hydrogen) atoms. The smallest absolute Gasteiger partial charge is 0.244 e. The zero-order valence-electron chi connectivity index (χ0n) is 22.1. The van der Waals surface area contributed by atoms with Crippen molar-refractivity contribution in [3.63, 3.8) is 0 Å². The van der Waals surface area contributed by atoms with Gasteiger partial charge in [-0.1, -0.05) is 41.0 Å². The van der Waals surface area contributed by atoms with Crippen LogP contribution in [0.25, 0.3) is 6.08 Å². The van der Waals surface area contributed by atoms with Gasteiger partial charge >= 0.3 is 0 Å². The van der Waals surface area contributed by atoms with E-state index >= 15 is 0 Å². The van der Waals surface area contributed by atoms with Crippen LogP contribution in [0, 0.1) is 0 Å². The Morgan fingerprint density at radius 2 is 1.79 bits per heavy atom. The highest BCUT2D eigenvalue weighted by atomic mass is 35.5.